The number of aryl methyl sites for hydroxylation is 2. The van der Waals surface area contributed by atoms with E-state index in [1.165, 1.54) is 11.6 Å². The summed E-state index contributed by atoms with van der Waals surface area (Å²) in [5.41, 5.74) is 7.13. The van der Waals surface area contributed by atoms with Gasteiger partial charge in [0.2, 0.25) is 0 Å². The van der Waals surface area contributed by atoms with Crippen molar-refractivity contribution in [3.63, 3.8) is 0 Å². The molecule has 3 N–H and O–H groups in total. The van der Waals surface area contributed by atoms with Gasteiger partial charge in [-0.1, -0.05) is 41.4 Å². The average Bonchev–Trinajstić information content (AvgIpc) is 2.43. The minimum absolute atomic E-state index is 0.0597. The van der Waals surface area contributed by atoms with E-state index in [1.54, 1.807) is 6.07 Å². The Labute approximate surface area is 123 Å². The van der Waals surface area contributed by atoms with Gasteiger partial charge in [0.25, 0.3) is 0 Å². The van der Waals surface area contributed by atoms with Crippen molar-refractivity contribution in [1.29, 1.82) is 0 Å². The molecule has 2 nitrogen and oxygen atoms in total. The molecular formula is C16H18ClFN2. The first kappa shape index (κ1) is 15.0. The molecule has 106 valence electrons. The van der Waals surface area contributed by atoms with E-state index in [0.29, 0.717) is 6.42 Å². The van der Waals surface area contributed by atoms with E-state index in [4.69, 9.17) is 17.4 Å². The zero-order valence-electron chi connectivity index (χ0n) is 11.6. The molecule has 0 heterocycles. The topological polar surface area (TPSA) is 38.0 Å². The molecule has 20 heavy (non-hydrogen) atoms. The van der Waals surface area contributed by atoms with Gasteiger partial charge in [0.1, 0.15) is 5.82 Å². The Morgan fingerprint density at radius 1 is 1.20 bits per heavy atom. The van der Waals surface area contributed by atoms with E-state index in [-0.39, 0.29) is 11.1 Å². The molecule has 1 atom stereocenters. The quantitative estimate of drug-likeness (QED) is 0.664. The summed E-state index contributed by atoms with van der Waals surface area (Å²) < 4.78 is 13.5. The molecule has 2 rings (SSSR count). The zero-order valence-corrected chi connectivity index (χ0v) is 12.3. The third-order valence-corrected chi connectivity index (χ3v) is 3.74. The van der Waals surface area contributed by atoms with Gasteiger partial charge in [-0.2, -0.15) is 0 Å². The Kier molecular flexibility index (Phi) is 4.76. The van der Waals surface area contributed by atoms with Crippen molar-refractivity contribution in [2.45, 2.75) is 26.3 Å². The van der Waals surface area contributed by atoms with Crippen molar-refractivity contribution in [2.24, 2.45) is 5.84 Å². The monoisotopic (exact) mass is 292 g/mol. The first-order chi connectivity index (χ1) is 9.51. The highest BCUT2D eigenvalue weighted by atomic mass is 35.5. The number of benzene rings is 2. The molecule has 0 spiro atoms. The number of hydrogen-bond donors (Lipinski definition) is 2. The fourth-order valence-corrected chi connectivity index (χ4v) is 2.41. The van der Waals surface area contributed by atoms with Gasteiger partial charge in [-0.15, -0.1) is 0 Å². The fourth-order valence-electron chi connectivity index (χ4n) is 2.30. The van der Waals surface area contributed by atoms with Crippen molar-refractivity contribution in [1.82, 2.24) is 5.43 Å². The van der Waals surface area contributed by atoms with Crippen LogP contribution in [0.15, 0.2) is 36.4 Å². The molecule has 0 aliphatic rings. The van der Waals surface area contributed by atoms with Crippen LogP contribution in [0.3, 0.4) is 0 Å². The van der Waals surface area contributed by atoms with Gasteiger partial charge in [0.05, 0.1) is 11.1 Å². The van der Waals surface area contributed by atoms with Crippen LogP contribution in [0.5, 0.6) is 0 Å². The summed E-state index contributed by atoms with van der Waals surface area (Å²) in [6.07, 6.45) is 0.606. The lowest BCUT2D eigenvalue weighted by Crippen LogP contribution is -2.30. The molecule has 0 fully saturated rings. The summed E-state index contributed by atoms with van der Waals surface area (Å²) in [7, 11) is 0. The van der Waals surface area contributed by atoms with E-state index >= 15 is 0 Å². The molecule has 0 saturated carbocycles. The van der Waals surface area contributed by atoms with Crippen LogP contribution in [0.2, 0.25) is 5.02 Å². The highest BCUT2D eigenvalue weighted by molar-refractivity contribution is 6.30. The minimum atomic E-state index is -0.402. The van der Waals surface area contributed by atoms with Gasteiger partial charge in [0, 0.05) is 0 Å². The second-order valence-corrected chi connectivity index (χ2v) is 5.44. The Morgan fingerprint density at radius 3 is 2.60 bits per heavy atom. The molecule has 0 aromatic heterocycles. The van der Waals surface area contributed by atoms with Crippen molar-refractivity contribution in [3.05, 3.63) is 69.5 Å². The maximum Gasteiger partial charge on any atom is 0.142 e. The number of hydrazine groups is 1. The van der Waals surface area contributed by atoms with Crippen molar-refractivity contribution in [3.8, 4) is 0 Å². The number of nitrogens with one attached hydrogen (secondary N) is 1. The predicted molar refractivity (Wildman–Crippen MR) is 81.1 cm³/mol. The number of rotatable bonds is 4. The molecule has 0 saturated heterocycles. The summed E-state index contributed by atoms with van der Waals surface area (Å²) in [6.45, 7) is 4.08. The molecule has 2 aromatic rings. The highest BCUT2D eigenvalue weighted by Crippen LogP contribution is 2.24. The van der Waals surface area contributed by atoms with Gasteiger partial charge in [-0.25, -0.2) is 4.39 Å². The standard InChI is InChI=1S/C16H18ClFN2/c1-10-3-4-11(2)13(7-10)16(20-19)9-12-5-6-14(17)15(18)8-12/h3-8,16,20H,9,19H2,1-2H3. The van der Waals surface area contributed by atoms with Crippen molar-refractivity contribution < 1.29 is 4.39 Å². The van der Waals surface area contributed by atoms with E-state index < -0.39 is 5.82 Å². The molecule has 0 bridgehead atoms. The van der Waals surface area contributed by atoms with Gasteiger partial charge < -0.3 is 0 Å². The Morgan fingerprint density at radius 2 is 1.95 bits per heavy atom. The normalized spacial score (nSPS) is 12.4. The Bertz CT molecular complexity index is 613. The molecule has 2 aromatic carbocycles. The van der Waals surface area contributed by atoms with Crippen LogP contribution < -0.4 is 11.3 Å². The van der Waals surface area contributed by atoms with Crippen LogP contribution in [0.4, 0.5) is 4.39 Å². The van der Waals surface area contributed by atoms with Gasteiger partial charge in [0.15, 0.2) is 0 Å². The summed E-state index contributed by atoms with van der Waals surface area (Å²) in [5.74, 6) is 5.27. The molecular weight excluding hydrogens is 275 g/mol. The van der Waals surface area contributed by atoms with Crippen molar-refractivity contribution >= 4 is 11.6 Å². The second kappa shape index (κ2) is 6.35. The fraction of sp³-hybridized carbons (Fsp3) is 0.250. The average molecular weight is 293 g/mol. The lowest BCUT2D eigenvalue weighted by Gasteiger charge is -2.19. The van der Waals surface area contributed by atoms with E-state index in [9.17, 15) is 4.39 Å². The largest absolute Gasteiger partial charge is 0.271 e. The molecule has 0 aliphatic carbocycles. The lowest BCUT2D eigenvalue weighted by atomic mass is 9.94. The molecule has 0 amide bonds. The maximum atomic E-state index is 13.5. The van der Waals surface area contributed by atoms with Gasteiger partial charge in [-0.05, 0) is 49.1 Å². The summed E-state index contributed by atoms with van der Waals surface area (Å²) in [4.78, 5) is 0. The Balaban J connectivity index is 2.28. The summed E-state index contributed by atoms with van der Waals surface area (Å²) in [6, 6.07) is 11.0. The van der Waals surface area contributed by atoms with Gasteiger partial charge in [-0.3, -0.25) is 11.3 Å². The van der Waals surface area contributed by atoms with Crippen LogP contribution >= 0.6 is 11.6 Å². The van der Waals surface area contributed by atoms with Gasteiger partial charge >= 0.3 is 0 Å². The van der Waals surface area contributed by atoms with Crippen LogP contribution in [-0.2, 0) is 6.42 Å². The van der Waals surface area contributed by atoms with E-state index in [0.717, 1.165) is 16.7 Å². The zero-order chi connectivity index (χ0) is 14.7. The smallest absolute Gasteiger partial charge is 0.142 e. The number of nitrogens with two attached hydrogens (primary N) is 1. The maximum absolute atomic E-state index is 13.5. The third kappa shape index (κ3) is 3.37. The van der Waals surface area contributed by atoms with E-state index in [1.807, 2.05) is 19.9 Å². The third-order valence-electron chi connectivity index (χ3n) is 3.44. The van der Waals surface area contributed by atoms with Crippen molar-refractivity contribution in [2.75, 3.05) is 0 Å². The van der Waals surface area contributed by atoms with Crippen LogP contribution in [0.25, 0.3) is 0 Å². The molecule has 1 unspecified atom stereocenters. The first-order valence-corrected chi connectivity index (χ1v) is 6.86. The second-order valence-electron chi connectivity index (χ2n) is 5.03. The SMILES string of the molecule is Cc1ccc(C)c(C(Cc2ccc(Cl)c(F)c2)NN)c1. The minimum Gasteiger partial charge on any atom is -0.271 e. The first-order valence-electron chi connectivity index (χ1n) is 6.48. The van der Waals surface area contributed by atoms with E-state index in [2.05, 4.69) is 23.6 Å². The van der Waals surface area contributed by atoms with Crippen LogP contribution in [0, 0.1) is 19.7 Å². The molecule has 0 aliphatic heterocycles. The summed E-state index contributed by atoms with van der Waals surface area (Å²) >= 11 is 5.70. The van der Waals surface area contributed by atoms with Crippen LogP contribution in [-0.4, -0.2) is 0 Å². The molecule has 0 radical (unpaired) electrons. The number of hydrogen-bond acceptors (Lipinski definition) is 2. The molecule has 4 heteroatoms. The highest BCUT2D eigenvalue weighted by Gasteiger charge is 2.14. The number of halogens is 2. The predicted octanol–water partition coefficient (Wildman–Crippen LogP) is 3.84. The summed E-state index contributed by atoms with van der Waals surface area (Å²) in [5, 5.41) is 0.137. The van der Waals surface area contributed by atoms with Crippen LogP contribution in [0.1, 0.15) is 28.3 Å². The Hall–Kier alpha value is -1.42. The lowest BCUT2D eigenvalue weighted by molar-refractivity contribution is 0.546.